The van der Waals surface area contributed by atoms with Crippen molar-refractivity contribution in [1.29, 1.82) is 0 Å². The van der Waals surface area contributed by atoms with E-state index in [4.69, 9.17) is 0 Å². The summed E-state index contributed by atoms with van der Waals surface area (Å²) in [6, 6.07) is 9.83. The van der Waals surface area contributed by atoms with E-state index < -0.39 is 23.8 Å². The second kappa shape index (κ2) is 9.09. The summed E-state index contributed by atoms with van der Waals surface area (Å²) >= 11 is 0. The van der Waals surface area contributed by atoms with Gasteiger partial charge in [-0.2, -0.15) is 10.2 Å². The summed E-state index contributed by atoms with van der Waals surface area (Å²) in [6.45, 7) is 3.86. The number of nitrogens with one attached hydrogen (secondary N) is 2. The molecule has 2 N–H and O–H groups in total. The highest BCUT2D eigenvalue weighted by molar-refractivity contribution is 5.92. The summed E-state index contributed by atoms with van der Waals surface area (Å²) < 4.78 is 40.7. The highest BCUT2D eigenvalue weighted by atomic mass is 19.3. The van der Waals surface area contributed by atoms with Crippen LogP contribution in [0.2, 0.25) is 0 Å². The maximum absolute atomic E-state index is 14.6. The van der Waals surface area contributed by atoms with Crippen LogP contribution in [0.5, 0.6) is 0 Å². The Balaban J connectivity index is 1.58. The molecule has 1 aromatic heterocycles. The zero-order valence-electron chi connectivity index (χ0n) is 17.6. The average Bonchev–Trinajstić information content (AvgIpc) is 2.75. The topological polar surface area (TPSA) is 53.1 Å². The molecular formula is C23H26F3N5. The summed E-state index contributed by atoms with van der Waals surface area (Å²) in [5, 5.41) is 15.9. The van der Waals surface area contributed by atoms with Crippen LogP contribution in [-0.2, 0) is 0 Å². The van der Waals surface area contributed by atoms with Crippen LogP contribution in [0.25, 0.3) is 10.9 Å². The summed E-state index contributed by atoms with van der Waals surface area (Å²) in [4.78, 5) is 2.32. The number of benzene rings is 2. The molecule has 0 radical (unpaired) electrons. The molecule has 2 heterocycles. The SMILES string of the molecule is C[C@@H](Nc1cnnc2ccc(NC3CCN(C)CC3)cc12)c1cccc(C(F)F)c1F. The van der Waals surface area contributed by atoms with Crippen molar-refractivity contribution in [3.8, 4) is 0 Å². The van der Waals surface area contributed by atoms with Crippen LogP contribution >= 0.6 is 0 Å². The van der Waals surface area contributed by atoms with Gasteiger partial charge in [0, 0.05) is 22.7 Å². The van der Waals surface area contributed by atoms with Crippen molar-refractivity contribution in [2.75, 3.05) is 30.8 Å². The van der Waals surface area contributed by atoms with E-state index in [0.29, 0.717) is 17.2 Å². The van der Waals surface area contributed by atoms with E-state index in [9.17, 15) is 13.2 Å². The Morgan fingerprint density at radius 3 is 2.58 bits per heavy atom. The van der Waals surface area contributed by atoms with Gasteiger partial charge in [0.05, 0.1) is 29.0 Å². The molecule has 164 valence electrons. The fraction of sp³-hybridized carbons (Fsp3) is 0.391. The molecule has 0 bridgehead atoms. The van der Waals surface area contributed by atoms with Gasteiger partial charge in [-0.3, -0.25) is 0 Å². The van der Waals surface area contributed by atoms with Gasteiger partial charge in [0.25, 0.3) is 6.43 Å². The van der Waals surface area contributed by atoms with Crippen LogP contribution in [0.3, 0.4) is 0 Å². The van der Waals surface area contributed by atoms with Crippen molar-refractivity contribution >= 4 is 22.3 Å². The highest BCUT2D eigenvalue weighted by Gasteiger charge is 2.20. The molecule has 1 aliphatic heterocycles. The molecule has 4 rings (SSSR count). The first-order valence-corrected chi connectivity index (χ1v) is 10.5. The van der Waals surface area contributed by atoms with E-state index in [0.717, 1.165) is 43.1 Å². The largest absolute Gasteiger partial charge is 0.382 e. The number of nitrogens with zero attached hydrogens (tertiary/aromatic N) is 3. The molecule has 0 saturated carbocycles. The third kappa shape index (κ3) is 4.74. The monoisotopic (exact) mass is 429 g/mol. The summed E-state index contributed by atoms with van der Waals surface area (Å²) in [5.74, 6) is -0.881. The lowest BCUT2D eigenvalue weighted by atomic mass is 10.0. The number of hydrogen-bond acceptors (Lipinski definition) is 5. The number of aromatic nitrogens is 2. The molecule has 5 nitrogen and oxygen atoms in total. The Labute approximate surface area is 179 Å². The predicted octanol–water partition coefficient (Wildman–Crippen LogP) is 5.39. The van der Waals surface area contributed by atoms with Crippen LogP contribution in [0.1, 0.15) is 43.4 Å². The molecule has 1 saturated heterocycles. The fourth-order valence-corrected chi connectivity index (χ4v) is 4.03. The second-order valence-corrected chi connectivity index (χ2v) is 8.13. The molecule has 0 spiro atoms. The molecule has 0 unspecified atom stereocenters. The minimum absolute atomic E-state index is 0.184. The molecule has 1 atom stereocenters. The number of alkyl halides is 2. The Morgan fingerprint density at radius 2 is 1.84 bits per heavy atom. The van der Waals surface area contributed by atoms with E-state index in [-0.39, 0.29) is 5.56 Å². The van der Waals surface area contributed by atoms with Gasteiger partial charge < -0.3 is 15.5 Å². The number of anilines is 2. The smallest absolute Gasteiger partial charge is 0.266 e. The van der Waals surface area contributed by atoms with Crippen molar-refractivity contribution < 1.29 is 13.2 Å². The van der Waals surface area contributed by atoms with Crippen molar-refractivity contribution in [2.24, 2.45) is 0 Å². The minimum atomic E-state index is -2.86. The van der Waals surface area contributed by atoms with E-state index >= 15 is 0 Å². The third-order valence-corrected chi connectivity index (χ3v) is 5.86. The summed E-state index contributed by atoms with van der Waals surface area (Å²) in [6.07, 6.45) is 0.868. The maximum atomic E-state index is 14.6. The third-order valence-electron chi connectivity index (χ3n) is 5.86. The number of halogens is 3. The first-order chi connectivity index (χ1) is 14.9. The van der Waals surface area contributed by atoms with E-state index in [1.807, 2.05) is 18.2 Å². The quantitative estimate of drug-likeness (QED) is 0.551. The number of hydrogen-bond donors (Lipinski definition) is 2. The van der Waals surface area contributed by atoms with Crippen molar-refractivity contribution in [1.82, 2.24) is 15.1 Å². The highest BCUT2D eigenvalue weighted by Crippen LogP contribution is 2.31. The minimum Gasteiger partial charge on any atom is -0.382 e. The molecule has 2 aromatic carbocycles. The summed E-state index contributed by atoms with van der Waals surface area (Å²) in [5.41, 5.74) is 1.95. The standard InChI is InChI=1S/C23H26F3N5/c1-14(17-4-3-5-18(22(17)24)23(25)26)28-21-13-27-30-20-7-6-16(12-19(20)21)29-15-8-10-31(2)11-9-15/h3-7,12-15,23,29H,8-11H2,1-2H3,(H,28,30)/t14-/m1/s1. The van der Waals surface area contributed by atoms with E-state index in [1.54, 1.807) is 13.1 Å². The number of piperidine rings is 1. The Bertz CT molecular complexity index is 1050. The molecule has 0 aliphatic carbocycles. The van der Waals surface area contributed by atoms with E-state index in [1.165, 1.54) is 12.1 Å². The van der Waals surface area contributed by atoms with Crippen LogP contribution < -0.4 is 10.6 Å². The van der Waals surface area contributed by atoms with Crippen LogP contribution in [0.4, 0.5) is 24.5 Å². The van der Waals surface area contributed by atoms with Crippen LogP contribution in [-0.4, -0.2) is 41.3 Å². The molecular weight excluding hydrogens is 403 g/mol. The van der Waals surface area contributed by atoms with Crippen molar-refractivity contribution in [3.63, 3.8) is 0 Å². The van der Waals surface area contributed by atoms with Gasteiger partial charge in [-0.15, -0.1) is 0 Å². The lowest BCUT2D eigenvalue weighted by Gasteiger charge is -2.30. The zero-order chi connectivity index (χ0) is 22.0. The first-order valence-electron chi connectivity index (χ1n) is 10.5. The van der Waals surface area contributed by atoms with Gasteiger partial charge in [0.1, 0.15) is 5.82 Å². The number of likely N-dealkylation sites (tertiary alicyclic amines) is 1. The Hall–Kier alpha value is -2.87. The van der Waals surface area contributed by atoms with Gasteiger partial charge in [0.15, 0.2) is 0 Å². The Morgan fingerprint density at radius 1 is 1.10 bits per heavy atom. The van der Waals surface area contributed by atoms with E-state index in [2.05, 4.69) is 32.8 Å². The van der Waals surface area contributed by atoms with Gasteiger partial charge >= 0.3 is 0 Å². The van der Waals surface area contributed by atoms with Crippen LogP contribution in [0, 0.1) is 5.82 Å². The molecule has 1 aliphatic rings. The van der Waals surface area contributed by atoms with Crippen molar-refractivity contribution in [2.45, 2.75) is 38.3 Å². The predicted molar refractivity (Wildman–Crippen MR) is 117 cm³/mol. The normalized spacial score (nSPS) is 16.6. The Kier molecular flexibility index (Phi) is 6.27. The average molecular weight is 429 g/mol. The lowest BCUT2D eigenvalue weighted by molar-refractivity contribution is 0.146. The second-order valence-electron chi connectivity index (χ2n) is 8.13. The summed E-state index contributed by atoms with van der Waals surface area (Å²) in [7, 11) is 2.13. The molecule has 1 fully saturated rings. The zero-order valence-corrected chi connectivity index (χ0v) is 17.6. The van der Waals surface area contributed by atoms with Gasteiger partial charge in [-0.1, -0.05) is 18.2 Å². The number of fused-ring (bicyclic) bond motifs is 1. The molecule has 8 heteroatoms. The first kappa shape index (κ1) is 21.4. The fourth-order valence-electron chi connectivity index (χ4n) is 4.03. The molecule has 0 amide bonds. The van der Waals surface area contributed by atoms with Gasteiger partial charge in [-0.25, -0.2) is 13.2 Å². The van der Waals surface area contributed by atoms with Gasteiger partial charge in [-0.05, 0) is 58.1 Å². The molecule has 31 heavy (non-hydrogen) atoms. The van der Waals surface area contributed by atoms with Gasteiger partial charge in [0.2, 0.25) is 0 Å². The lowest BCUT2D eigenvalue weighted by Crippen LogP contribution is -2.36. The maximum Gasteiger partial charge on any atom is 0.266 e. The molecule has 3 aromatic rings. The number of rotatable bonds is 6. The van der Waals surface area contributed by atoms with Crippen molar-refractivity contribution in [3.05, 3.63) is 59.5 Å². The van der Waals surface area contributed by atoms with Crippen LogP contribution in [0.15, 0.2) is 42.6 Å².